The molecule has 2 N–H and O–H groups in total. The second-order valence-electron chi connectivity index (χ2n) is 8.21. The fourth-order valence-electron chi connectivity index (χ4n) is 3.72. The topological polar surface area (TPSA) is 111 Å². The lowest BCUT2D eigenvalue weighted by Gasteiger charge is -2.12. The van der Waals surface area contributed by atoms with Gasteiger partial charge < -0.3 is 14.8 Å². The van der Waals surface area contributed by atoms with Crippen LogP contribution in [0.1, 0.15) is 17.7 Å². The number of hydrogen-bond acceptors (Lipinski definition) is 7. The van der Waals surface area contributed by atoms with Gasteiger partial charge in [0.25, 0.3) is 15.6 Å². The molecule has 180 valence electrons. The van der Waals surface area contributed by atoms with Gasteiger partial charge in [0.1, 0.15) is 5.65 Å². The molecule has 0 spiro atoms. The first-order valence-electron chi connectivity index (χ1n) is 11.1. The summed E-state index contributed by atoms with van der Waals surface area (Å²) in [5.74, 6) is 0.956. The van der Waals surface area contributed by atoms with Gasteiger partial charge in [0.2, 0.25) is 0 Å². The van der Waals surface area contributed by atoms with Crippen LogP contribution in [-0.2, 0) is 16.6 Å². The summed E-state index contributed by atoms with van der Waals surface area (Å²) in [6.45, 7) is 3.30. The van der Waals surface area contributed by atoms with Crippen molar-refractivity contribution in [3.8, 4) is 11.5 Å². The Kier molecular flexibility index (Phi) is 6.04. The first kappa shape index (κ1) is 22.7. The third kappa shape index (κ3) is 5.07. The molecule has 10 heteroatoms. The van der Waals surface area contributed by atoms with Crippen LogP contribution in [0, 0.1) is 6.92 Å². The van der Waals surface area contributed by atoms with Crippen molar-refractivity contribution in [2.75, 3.05) is 23.3 Å². The summed E-state index contributed by atoms with van der Waals surface area (Å²) in [5.41, 5.74) is 3.25. The molecule has 4 aromatic rings. The molecule has 0 bridgehead atoms. The molecular formula is C25H24N4O5S. The smallest absolute Gasteiger partial charge is 0.262 e. The summed E-state index contributed by atoms with van der Waals surface area (Å²) in [5, 5.41) is 3.21. The van der Waals surface area contributed by atoms with Gasteiger partial charge in [0.05, 0.1) is 30.3 Å². The maximum absolute atomic E-state index is 12.9. The average molecular weight is 493 g/mol. The third-order valence-corrected chi connectivity index (χ3v) is 6.89. The number of hydrogen-bond donors (Lipinski definition) is 2. The number of pyridine rings is 1. The van der Waals surface area contributed by atoms with Gasteiger partial charge in [-0.05, 0) is 61.0 Å². The van der Waals surface area contributed by atoms with Crippen molar-refractivity contribution < 1.29 is 17.9 Å². The van der Waals surface area contributed by atoms with Crippen LogP contribution in [0.15, 0.2) is 76.6 Å². The van der Waals surface area contributed by atoms with Crippen LogP contribution in [0.2, 0.25) is 0 Å². The van der Waals surface area contributed by atoms with Gasteiger partial charge in [-0.15, -0.1) is 0 Å². The van der Waals surface area contributed by atoms with E-state index in [9.17, 15) is 13.2 Å². The molecule has 0 amide bonds. The van der Waals surface area contributed by atoms with Crippen molar-refractivity contribution >= 4 is 27.0 Å². The molecule has 0 radical (unpaired) electrons. The maximum atomic E-state index is 12.9. The predicted molar refractivity (Wildman–Crippen MR) is 133 cm³/mol. The zero-order valence-electron chi connectivity index (χ0n) is 19.0. The highest BCUT2D eigenvalue weighted by atomic mass is 32.2. The minimum absolute atomic E-state index is 0.0906. The van der Waals surface area contributed by atoms with Crippen LogP contribution in [0.5, 0.6) is 11.5 Å². The van der Waals surface area contributed by atoms with E-state index in [1.807, 2.05) is 19.1 Å². The highest BCUT2D eigenvalue weighted by Gasteiger charge is 2.19. The van der Waals surface area contributed by atoms with E-state index in [-0.39, 0.29) is 10.5 Å². The Morgan fingerprint density at radius 3 is 2.49 bits per heavy atom. The summed E-state index contributed by atoms with van der Waals surface area (Å²) >= 11 is 0. The van der Waals surface area contributed by atoms with Gasteiger partial charge >= 0.3 is 0 Å². The standard InChI is InChI=1S/C25H24N4O5S/c1-17-9-10-29-24(13-17)27-20(14-25(29)30)16-26-18-3-5-19(6-4-18)28-35(31,32)21-7-8-22-23(15-21)34-12-2-11-33-22/h3-10,13-15,26,28H,2,11-12,16H2,1H3. The molecule has 5 rings (SSSR count). The Labute approximate surface area is 202 Å². The Hall–Kier alpha value is -4.05. The minimum atomic E-state index is -3.81. The van der Waals surface area contributed by atoms with Crippen molar-refractivity contribution in [1.29, 1.82) is 0 Å². The van der Waals surface area contributed by atoms with Gasteiger partial charge in [-0.3, -0.25) is 13.9 Å². The quantitative estimate of drug-likeness (QED) is 0.423. The van der Waals surface area contributed by atoms with Crippen LogP contribution in [0.3, 0.4) is 0 Å². The van der Waals surface area contributed by atoms with E-state index in [0.717, 1.165) is 17.7 Å². The van der Waals surface area contributed by atoms with Crippen molar-refractivity contribution in [1.82, 2.24) is 9.38 Å². The lowest BCUT2D eigenvalue weighted by atomic mass is 10.2. The van der Waals surface area contributed by atoms with Crippen LogP contribution in [0.4, 0.5) is 11.4 Å². The molecule has 2 aromatic carbocycles. The van der Waals surface area contributed by atoms with Crippen LogP contribution >= 0.6 is 0 Å². The summed E-state index contributed by atoms with van der Waals surface area (Å²) in [6.07, 6.45) is 2.45. The van der Waals surface area contributed by atoms with Crippen molar-refractivity contribution in [2.24, 2.45) is 0 Å². The van der Waals surface area contributed by atoms with Gasteiger partial charge in [0.15, 0.2) is 11.5 Å². The molecule has 0 atom stereocenters. The van der Waals surface area contributed by atoms with Gasteiger partial charge in [-0.2, -0.15) is 0 Å². The predicted octanol–water partition coefficient (Wildman–Crippen LogP) is 3.58. The normalized spacial score (nSPS) is 13.3. The molecule has 0 aliphatic carbocycles. The van der Waals surface area contributed by atoms with E-state index in [1.165, 1.54) is 22.6 Å². The Balaban J connectivity index is 1.26. The zero-order valence-corrected chi connectivity index (χ0v) is 19.8. The van der Waals surface area contributed by atoms with E-state index in [2.05, 4.69) is 15.0 Å². The van der Waals surface area contributed by atoms with Gasteiger partial charge in [-0.1, -0.05) is 0 Å². The van der Waals surface area contributed by atoms with Gasteiger partial charge in [-0.25, -0.2) is 13.4 Å². The second kappa shape index (κ2) is 9.30. The van der Waals surface area contributed by atoms with E-state index < -0.39 is 10.0 Å². The number of aryl methyl sites for hydroxylation is 1. The fourth-order valence-corrected chi connectivity index (χ4v) is 4.79. The molecule has 2 aromatic heterocycles. The van der Waals surface area contributed by atoms with E-state index in [4.69, 9.17) is 9.47 Å². The number of sulfonamides is 1. The largest absolute Gasteiger partial charge is 0.490 e. The molecule has 0 fully saturated rings. The number of nitrogens with zero attached hydrogens (tertiary/aromatic N) is 2. The molecule has 9 nitrogen and oxygen atoms in total. The summed E-state index contributed by atoms with van der Waals surface area (Å²) in [4.78, 5) is 17.0. The Bertz CT molecular complexity index is 1550. The Morgan fingerprint density at radius 1 is 0.943 bits per heavy atom. The van der Waals surface area contributed by atoms with E-state index in [1.54, 1.807) is 36.5 Å². The van der Waals surface area contributed by atoms with Crippen LogP contribution in [-0.4, -0.2) is 31.0 Å². The van der Waals surface area contributed by atoms with Crippen LogP contribution < -0.4 is 25.1 Å². The van der Waals surface area contributed by atoms with Crippen LogP contribution in [0.25, 0.3) is 5.65 Å². The van der Waals surface area contributed by atoms with Crippen molar-refractivity contribution in [2.45, 2.75) is 24.8 Å². The molecule has 0 saturated carbocycles. The SMILES string of the molecule is Cc1ccn2c(=O)cc(CNc3ccc(NS(=O)(=O)c4ccc5c(c4)OCCCO5)cc3)nc2c1. The number of nitrogens with one attached hydrogen (secondary N) is 2. The fraction of sp³-hybridized carbons (Fsp3) is 0.200. The third-order valence-electron chi connectivity index (χ3n) is 5.52. The molecule has 1 aliphatic heterocycles. The molecule has 35 heavy (non-hydrogen) atoms. The van der Waals surface area contributed by atoms with E-state index >= 15 is 0 Å². The summed E-state index contributed by atoms with van der Waals surface area (Å²) < 4.78 is 41.0. The number of benzene rings is 2. The molecular weight excluding hydrogens is 468 g/mol. The van der Waals surface area contributed by atoms with E-state index in [0.29, 0.717) is 48.3 Å². The number of fused-ring (bicyclic) bond motifs is 2. The lowest BCUT2D eigenvalue weighted by molar-refractivity contribution is 0.297. The van der Waals surface area contributed by atoms with Gasteiger partial charge in [0, 0.05) is 36.1 Å². The summed E-state index contributed by atoms with van der Waals surface area (Å²) in [6, 6.07) is 16.6. The average Bonchev–Trinajstić information content (AvgIpc) is 3.08. The minimum Gasteiger partial charge on any atom is -0.490 e. The number of aromatic nitrogens is 2. The number of rotatable bonds is 6. The number of anilines is 2. The molecule has 3 heterocycles. The van der Waals surface area contributed by atoms with Crippen molar-refractivity contribution in [3.05, 3.63) is 88.5 Å². The molecule has 0 saturated heterocycles. The summed E-state index contributed by atoms with van der Waals surface area (Å²) in [7, 11) is -3.81. The molecule has 1 aliphatic rings. The number of ether oxygens (including phenoxy) is 2. The Morgan fingerprint density at radius 2 is 1.69 bits per heavy atom. The maximum Gasteiger partial charge on any atom is 0.262 e. The monoisotopic (exact) mass is 492 g/mol. The molecule has 0 unspecified atom stereocenters. The highest BCUT2D eigenvalue weighted by Crippen LogP contribution is 2.32. The van der Waals surface area contributed by atoms with Crippen molar-refractivity contribution in [3.63, 3.8) is 0 Å². The highest BCUT2D eigenvalue weighted by molar-refractivity contribution is 7.92. The second-order valence-corrected chi connectivity index (χ2v) is 9.90. The lowest BCUT2D eigenvalue weighted by Crippen LogP contribution is -2.16. The zero-order chi connectivity index (χ0) is 24.4. The first-order valence-corrected chi connectivity index (χ1v) is 12.6. The first-order chi connectivity index (χ1) is 16.9.